The predicted octanol–water partition coefficient (Wildman–Crippen LogP) is 3.22. The first-order valence-electron chi connectivity index (χ1n) is 5.72. The van der Waals surface area contributed by atoms with Crippen molar-refractivity contribution in [1.29, 1.82) is 0 Å². The first-order valence-corrected chi connectivity index (χ1v) is 6.94. The minimum atomic E-state index is -0.115. The predicted molar refractivity (Wildman–Crippen MR) is 67.2 cm³/mol. The Hall–Kier alpha value is -0.540. The summed E-state index contributed by atoms with van der Waals surface area (Å²) >= 11 is 1.46. The molecule has 16 heavy (non-hydrogen) atoms. The van der Waals surface area contributed by atoms with Crippen molar-refractivity contribution in [2.45, 2.75) is 30.6 Å². The summed E-state index contributed by atoms with van der Waals surface area (Å²) in [6.07, 6.45) is 6.60. The SMILES string of the molecule is CSc1cc(CCC2(CN)CC2)ccc1F. The van der Waals surface area contributed by atoms with Gasteiger partial charge in [0.2, 0.25) is 0 Å². The Balaban J connectivity index is 1.99. The van der Waals surface area contributed by atoms with Crippen LogP contribution in [0.4, 0.5) is 4.39 Å². The van der Waals surface area contributed by atoms with Crippen LogP contribution in [0.5, 0.6) is 0 Å². The van der Waals surface area contributed by atoms with E-state index in [-0.39, 0.29) is 5.82 Å². The molecule has 2 N–H and O–H groups in total. The van der Waals surface area contributed by atoms with Gasteiger partial charge in [0, 0.05) is 4.90 Å². The number of nitrogens with two attached hydrogens (primary N) is 1. The van der Waals surface area contributed by atoms with Crippen LogP contribution >= 0.6 is 11.8 Å². The summed E-state index contributed by atoms with van der Waals surface area (Å²) in [6, 6.07) is 5.43. The standard InChI is InChI=1S/C13H18FNS/c1-16-12-8-10(2-3-11(12)14)4-5-13(9-15)6-7-13/h2-3,8H,4-7,9,15H2,1H3. The van der Waals surface area contributed by atoms with Crippen molar-refractivity contribution in [1.82, 2.24) is 0 Å². The minimum Gasteiger partial charge on any atom is -0.330 e. The maximum absolute atomic E-state index is 13.3. The number of aryl methyl sites for hydroxylation is 1. The summed E-state index contributed by atoms with van der Waals surface area (Å²) in [6.45, 7) is 0.795. The molecule has 0 heterocycles. The molecule has 1 saturated carbocycles. The van der Waals surface area contributed by atoms with Gasteiger partial charge in [-0.15, -0.1) is 11.8 Å². The molecule has 1 aromatic carbocycles. The van der Waals surface area contributed by atoms with Crippen molar-refractivity contribution in [2.75, 3.05) is 12.8 Å². The fourth-order valence-electron chi connectivity index (χ4n) is 2.00. The van der Waals surface area contributed by atoms with Crippen LogP contribution in [0.15, 0.2) is 23.1 Å². The maximum atomic E-state index is 13.3. The van der Waals surface area contributed by atoms with Crippen LogP contribution in [0.3, 0.4) is 0 Å². The zero-order valence-electron chi connectivity index (χ0n) is 9.63. The third kappa shape index (κ3) is 2.58. The summed E-state index contributed by atoms with van der Waals surface area (Å²) in [4.78, 5) is 0.745. The molecule has 0 radical (unpaired) electrons. The van der Waals surface area contributed by atoms with Crippen molar-refractivity contribution >= 4 is 11.8 Å². The maximum Gasteiger partial charge on any atom is 0.136 e. The van der Waals surface area contributed by atoms with Crippen molar-refractivity contribution < 1.29 is 4.39 Å². The molecule has 0 bridgehead atoms. The van der Waals surface area contributed by atoms with Gasteiger partial charge in [-0.05, 0) is 61.6 Å². The molecule has 2 rings (SSSR count). The van der Waals surface area contributed by atoms with E-state index < -0.39 is 0 Å². The quantitative estimate of drug-likeness (QED) is 0.798. The van der Waals surface area contributed by atoms with Gasteiger partial charge in [-0.3, -0.25) is 0 Å². The number of benzene rings is 1. The molecule has 88 valence electrons. The molecule has 1 fully saturated rings. The van der Waals surface area contributed by atoms with Crippen LogP contribution in [0.2, 0.25) is 0 Å². The Morgan fingerprint density at radius 2 is 2.19 bits per heavy atom. The van der Waals surface area contributed by atoms with E-state index in [4.69, 9.17) is 5.73 Å². The molecule has 1 aliphatic rings. The second-order valence-corrected chi connectivity index (χ2v) is 5.52. The van der Waals surface area contributed by atoms with Crippen LogP contribution in [-0.2, 0) is 6.42 Å². The molecule has 0 aliphatic heterocycles. The summed E-state index contributed by atoms with van der Waals surface area (Å²) in [7, 11) is 0. The van der Waals surface area contributed by atoms with Gasteiger partial charge in [0.25, 0.3) is 0 Å². The fraction of sp³-hybridized carbons (Fsp3) is 0.538. The summed E-state index contributed by atoms with van der Waals surface area (Å²) in [5, 5.41) is 0. The molecule has 0 spiro atoms. The molecule has 0 saturated heterocycles. The normalized spacial score (nSPS) is 17.4. The number of hydrogen-bond acceptors (Lipinski definition) is 2. The molecule has 1 aromatic rings. The molecule has 0 unspecified atom stereocenters. The first kappa shape index (κ1) is 11.9. The van der Waals surface area contributed by atoms with Crippen LogP contribution in [0, 0.1) is 11.2 Å². The van der Waals surface area contributed by atoms with Gasteiger partial charge < -0.3 is 5.73 Å². The van der Waals surface area contributed by atoms with Gasteiger partial charge in [0.05, 0.1) is 0 Å². The van der Waals surface area contributed by atoms with E-state index >= 15 is 0 Å². The highest BCUT2D eigenvalue weighted by molar-refractivity contribution is 7.98. The number of halogens is 1. The molecular formula is C13H18FNS. The second kappa shape index (κ2) is 4.76. The second-order valence-electron chi connectivity index (χ2n) is 4.67. The Labute approximate surface area is 101 Å². The average molecular weight is 239 g/mol. The van der Waals surface area contributed by atoms with Crippen LogP contribution in [0.25, 0.3) is 0 Å². The van der Waals surface area contributed by atoms with E-state index in [1.54, 1.807) is 6.07 Å². The van der Waals surface area contributed by atoms with Gasteiger partial charge in [0.15, 0.2) is 0 Å². The monoisotopic (exact) mass is 239 g/mol. The van der Waals surface area contributed by atoms with Crippen LogP contribution in [0.1, 0.15) is 24.8 Å². The summed E-state index contributed by atoms with van der Waals surface area (Å²) in [5.74, 6) is -0.115. The van der Waals surface area contributed by atoms with Gasteiger partial charge >= 0.3 is 0 Å². The van der Waals surface area contributed by atoms with Crippen LogP contribution < -0.4 is 5.73 Å². The lowest BCUT2D eigenvalue weighted by Crippen LogP contribution is -2.16. The number of rotatable bonds is 5. The third-order valence-electron chi connectivity index (χ3n) is 3.55. The minimum absolute atomic E-state index is 0.115. The molecule has 3 heteroatoms. The van der Waals surface area contributed by atoms with Gasteiger partial charge in [-0.2, -0.15) is 0 Å². The summed E-state index contributed by atoms with van der Waals surface area (Å²) < 4.78 is 13.3. The third-order valence-corrected chi connectivity index (χ3v) is 4.30. The molecule has 0 amide bonds. The smallest absolute Gasteiger partial charge is 0.136 e. The topological polar surface area (TPSA) is 26.0 Å². The number of thioether (sulfide) groups is 1. The zero-order valence-corrected chi connectivity index (χ0v) is 10.4. The van der Waals surface area contributed by atoms with Crippen molar-refractivity contribution in [3.05, 3.63) is 29.6 Å². The van der Waals surface area contributed by atoms with Crippen molar-refractivity contribution in [3.63, 3.8) is 0 Å². The zero-order chi connectivity index (χ0) is 11.6. The Bertz CT molecular complexity index is 374. The Kier molecular flexibility index (Phi) is 3.55. The van der Waals surface area contributed by atoms with Gasteiger partial charge in [-0.25, -0.2) is 4.39 Å². The lowest BCUT2D eigenvalue weighted by atomic mass is 9.97. The van der Waals surface area contributed by atoms with E-state index in [9.17, 15) is 4.39 Å². The van der Waals surface area contributed by atoms with E-state index in [0.29, 0.717) is 5.41 Å². The van der Waals surface area contributed by atoms with Crippen molar-refractivity contribution in [3.8, 4) is 0 Å². The molecule has 1 aliphatic carbocycles. The molecule has 1 nitrogen and oxygen atoms in total. The lowest BCUT2D eigenvalue weighted by molar-refractivity contribution is 0.478. The first-order chi connectivity index (χ1) is 7.69. The molecule has 0 atom stereocenters. The van der Waals surface area contributed by atoms with E-state index in [0.717, 1.165) is 24.3 Å². The van der Waals surface area contributed by atoms with E-state index in [2.05, 4.69) is 0 Å². The highest BCUT2D eigenvalue weighted by Crippen LogP contribution is 2.48. The van der Waals surface area contributed by atoms with Crippen molar-refractivity contribution in [2.24, 2.45) is 11.1 Å². The summed E-state index contributed by atoms with van der Waals surface area (Å²) in [5.41, 5.74) is 7.39. The van der Waals surface area contributed by atoms with E-state index in [1.807, 2.05) is 18.4 Å². The van der Waals surface area contributed by atoms with Gasteiger partial charge in [0.1, 0.15) is 5.82 Å². The Morgan fingerprint density at radius 1 is 1.44 bits per heavy atom. The Morgan fingerprint density at radius 3 is 2.75 bits per heavy atom. The highest BCUT2D eigenvalue weighted by atomic mass is 32.2. The highest BCUT2D eigenvalue weighted by Gasteiger charge is 2.40. The van der Waals surface area contributed by atoms with Gasteiger partial charge in [-0.1, -0.05) is 6.07 Å². The molecule has 0 aromatic heterocycles. The molecular weight excluding hydrogens is 221 g/mol. The van der Waals surface area contributed by atoms with E-state index in [1.165, 1.54) is 30.2 Å². The number of hydrogen-bond donors (Lipinski definition) is 1. The fourth-order valence-corrected chi connectivity index (χ4v) is 2.53. The lowest BCUT2D eigenvalue weighted by Gasteiger charge is -2.12. The largest absolute Gasteiger partial charge is 0.330 e. The van der Waals surface area contributed by atoms with Crippen LogP contribution in [-0.4, -0.2) is 12.8 Å². The average Bonchev–Trinajstić information content (AvgIpc) is 3.09.